The van der Waals surface area contributed by atoms with Crippen LogP contribution in [0.15, 0.2) is 60.7 Å². The summed E-state index contributed by atoms with van der Waals surface area (Å²) in [7, 11) is 0. The zero-order chi connectivity index (χ0) is 61.5. The highest BCUT2D eigenvalue weighted by atomic mass is 16.5. The van der Waals surface area contributed by atoms with Crippen LogP contribution in [-0.2, 0) is 65.2 Å². The lowest BCUT2D eigenvalue weighted by Gasteiger charge is -2.29. The number of hydrogen-bond acceptors (Lipinski definition) is 12. The molecule has 0 fully saturated rings. The van der Waals surface area contributed by atoms with Gasteiger partial charge in [-0.3, -0.25) is 19.2 Å². The van der Waals surface area contributed by atoms with Crippen LogP contribution in [0.3, 0.4) is 0 Å². The maximum Gasteiger partial charge on any atom is 0.311 e. The zero-order valence-corrected chi connectivity index (χ0v) is 53.1. The number of rotatable bonds is 35. The van der Waals surface area contributed by atoms with Crippen molar-refractivity contribution in [3.63, 3.8) is 0 Å². The molecule has 0 heterocycles. The van der Waals surface area contributed by atoms with Crippen LogP contribution in [0, 0.1) is 0 Å². The second-order valence-electron chi connectivity index (χ2n) is 24.6. The monoisotopic (exact) mass is 1150 g/mol. The van der Waals surface area contributed by atoms with Gasteiger partial charge in [0.05, 0.1) is 13.2 Å². The molecule has 83 heavy (non-hydrogen) atoms. The summed E-state index contributed by atoms with van der Waals surface area (Å²) in [6, 6.07) is 18.9. The Hall–Kier alpha value is -5.72. The van der Waals surface area contributed by atoms with Crippen molar-refractivity contribution in [2.45, 2.75) is 253 Å². The number of phenols is 2. The van der Waals surface area contributed by atoms with Gasteiger partial charge in [0.15, 0.2) is 0 Å². The number of aliphatic hydroxyl groups excluding tert-OH is 2. The van der Waals surface area contributed by atoms with Crippen LogP contribution in [0.1, 0.15) is 273 Å². The Morgan fingerprint density at radius 3 is 1.39 bits per heavy atom. The molecular weight excluding hydrogens is 1040 g/mol. The van der Waals surface area contributed by atoms with Gasteiger partial charge in [-0.25, -0.2) is 0 Å². The van der Waals surface area contributed by atoms with Gasteiger partial charge in [0.1, 0.15) is 23.0 Å². The van der Waals surface area contributed by atoms with Gasteiger partial charge in [0, 0.05) is 78.6 Å². The van der Waals surface area contributed by atoms with E-state index in [4.69, 9.17) is 18.9 Å². The number of hydrogen-bond donors (Lipinski definition) is 4. The molecular formula is C71H106O12. The van der Waals surface area contributed by atoms with Crippen LogP contribution in [0.25, 0.3) is 0 Å². The topological polar surface area (TPSA) is 186 Å². The first kappa shape index (κ1) is 71.5. The van der Waals surface area contributed by atoms with Gasteiger partial charge in [-0.1, -0.05) is 202 Å². The first-order valence-electron chi connectivity index (χ1n) is 31.4. The molecule has 462 valence electrons. The van der Waals surface area contributed by atoms with Crippen molar-refractivity contribution < 1.29 is 58.6 Å². The van der Waals surface area contributed by atoms with E-state index in [1.54, 1.807) is 18.2 Å². The third-order valence-electron chi connectivity index (χ3n) is 15.2. The molecule has 12 nitrogen and oxygen atoms in total. The van der Waals surface area contributed by atoms with E-state index in [0.29, 0.717) is 74.4 Å². The lowest BCUT2D eigenvalue weighted by atomic mass is 9.78. The van der Waals surface area contributed by atoms with Crippen LogP contribution >= 0.6 is 0 Å². The second kappa shape index (κ2) is 37.6. The molecule has 0 saturated carbocycles. The molecule has 0 aliphatic carbocycles. The molecule has 4 rings (SSSR count). The molecule has 4 aromatic rings. The summed E-state index contributed by atoms with van der Waals surface area (Å²) in [5.41, 5.74) is 7.60. The van der Waals surface area contributed by atoms with E-state index in [1.807, 2.05) is 64.1 Å². The summed E-state index contributed by atoms with van der Waals surface area (Å²) >= 11 is 0. The minimum Gasteiger partial charge on any atom is -0.508 e. The highest BCUT2D eigenvalue weighted by Gasteiger charge is 2.31. The highest BCUT2D eigenvalue weighted by Crippen LogP contribution is 2.46. The van der Waals surface area contributed by atoms with Crippen LogP contribution in [0.4, 0.5) is 0 Å². The summed E-state index contributed by atoms with van der Waals surface area (Å²) < 4.78 is 23.0. The van der Waals surface area contributed by atoms with Crippen molar-refractivity contribution in [1.29, 1.82) is 0 Å². The molecule has 0 bridgehead atoms. The Morgan fingerprint density at radius 2 is 0.880 bits per heavy atom. The Labute approximate surface area is 499 Å². The van der Waals surface area contributed by atoms with Gasteiger partial charge in [0.25, 0.3) is 0 Å². The minimum atomic E-state index is -0.388. The standard InChI is InChI=1S/C48H76O7.C23H30O5/c1-11-14-16-18-20-22-29-53-42(49)27-25-36-31-38(45(52)40(33-36)47(5,6)7)35(4)39-32-37(26-28-43(50)54-30-23-21-19-17-15-12-2)34-41(48(8,9)10)46(39)55-44(51)24-13-3;1-3-4-5-23(27)28-22-9-7-18(11-13-25)15-20(22)16(2)19-14-17(10-12-24)6-8-21(19)26/h31-35,52H,11-30H2,1-10H3;6-9,14-16,24-26H,3-5,10-13H2,1-2H3. The number of benzene rings is 4. The lowest BCUT2D eigenvalue weighted by Crippen LogP contribution is -2.20. The number of aromatic hydroxyl groups is 2. The van der Waals surface area contributed by atoms with Gasteiger partial charge in [0.2, 0.25) is 0 Å². The van der Waals surface area contributed by atoms with Crippen molar-refractivity contribution in [3.05, 3.63) is 116 Å². The molecule has 0 radical (unpaired) electrons. The first-order chi connectivity index (χ1) is 39.5. The van der Waals surface area contributed by atoms with Crippen molar-refractivity contribution >= 4 is 23.9 Å². The molecule has 2 atom stereocenters. The number of unbranched alkanes of at least 4 members (excludes halogenated alkanes) is 11. The van der Waals surface area contributed by atoms with Gasteiger partial charge in [-0.15, -0.1) is 0 Å². The van der Waals surface area contributed by atoms with Crippen molar-refractivity contribution in [2.75, 3.05) is 26.4 Å². The quantitative estimate of drug-likeness (QED) is 0.0194. The summed E-state index contributed by atoms with van der Waals surface area (Å²) in [6.07, 6.45) is 19.0. The Balaban J connectivity index is 0.000000537. The molecule has 0 aliphatic heterocycles. The molecule has 2 unspecified atom stereocenters. The van der Waals surface area contributed by atoms with Crippen LogP contribution in [0.5, 0.6) is 23.0 Å². The predicted molar refractivity (Wildman–Crippen MR) is 334 cm³/mol. The lowest BCUT2D eigenvalue weighted by molar-refractivity contribution is -0.144. The highest BCUT2D eigenvalue weighted by molar-refractivity contribution is 5.75. The van der Waals surface area contributed by atoms with E-state index < -0.39 is 0 Å². The van der Waals surface area contributed by atoms with Crippen LogP contribution in [-0.4, -0.2) is 70.7 Å². The molecule has 0 aromatic heterocycles. The Morgan fingerprint density at radius 1 is 0.434 bits per heavy atom. The third kappa shape index (κ3) is 25.2. The van der Waals surface area contributed by atoms with E-state index in [0.717, 1.165) is 83.0 Å². The maximum atomic E-state index is 13.1. The van der Waals surface area contributed by atoms with E-state index in [1.165, 1.54) is 51.4 Å². The van der Waals surface area contributed by atoms with Crippen molar-refractivity contribution in [3.8, 4) is 23.0 Å². The minimum absolute atomic E-state index is 0.0285. The van der Waals surface area contributed by atoms with E-state index in [9.17, 15) is 39.6 Å². The number of carbonyl (C=O) groups is 4. The average molecular weight is 1150 g/mol. The fourth-order valence-electron chi connectivity index (χ4n) is 10.1. The van der Waals surface area contributed by atoms with Gasteiger partial charge in [-0.05, 0) is 102 Å². The number of aryl methyl sites for hydroxylation is 2. The van der Waals surface area contributed by atoms with Gasteiger partial charge in [-0.2, -0.15) is 0 Å². The van der Waals surface area contributed by atoms with E-state index in [2.05, 4.69) is 61.5 Å². The molecule has 4 N–H and O–H groups in total. The van der Waals surface area contributed by atoms with Gasteiger partial charge >= 0.3 is 23.9 Å². The largest absolute Gasteiger partial charge is 0.508 e. The number of phenolic OH excluding ortho intramolecular Hbond substituents is 2. The van der Waals surface area contributed by atoms with Gasteiger partial charge < -0.3 is 39.4 Å². The smallest absolute Gasteiger partial charge is 0.311 e. The van der Waals surface area contributed by atoms with Crippen molar-refractivity contribution in [2.24, 2.45) is 0 Å². The average Bonchev–Trinajstić information content (AvgIpc) is 3.23. The van der Waals surface area contributed by atoms with E-state index >= 15 is 0 Å². The van der Waals surface area contributed by atoms with Crippen LogP contribution in [0.2, 0.25) is 0 Å². The third-order valence-corrected chi connectivity index (χ3v) is 15.2. The fourth-order valence-corrected chi connectivity index (χ4v) is 10.1. The van der Waals surface area contributed by atoms with Crippen molar-refractivity contribution in [1.82, 2.24) is 0 Å². The maximum absolute atomic E-state index is 13.1. The Bertz CT molecular complexity index is 2600. The zero-order valence-electron chi connectivity index (χ0n) is 53.1. The molecule has 4 aromatic carbocycles. The number of carbonyl (C=O) groups excluding carboxylic acids is 4. The van der Waals surface area contributed by atoms with E-state index in [-0.39, 0.29) is 90.5 Å². The number of ether oxygens (including phenoxy) is 4. The summed E-state index contributed by atoms with van der Waals surface area (Å²) in [4.78, 5) is 50.9. The molecule has 0 aliphatic rings. The number of aliphatic hydroxyl groups is 2. The fraction of sp³-hybridized carbons (Fsp3) is 0.606. The molecule has 0 amide bonds. The molecule has 0 spiro atoms. The summed E-state index contributed by atoms with van der Waals surface area (Å²) in [6.45, 7) is 25.8. The second-order valence-corrected chi connectivity index (χ2v) is 24.6. The molecule has 0 saturated heterocycles. The summed E-state index contributed by atoms with van der Waals surface area (Å²) in [5, 5.41) is 40.8. The summed E-state index contributed by atoms with van der Waals surface area (Å²) in [5.74, 6) is -0.293. The number of esters is 4. The first-order valence-corrected chi connectivity index (χ1v) is 31.4. The van der Waals surface area contributed by atoms with Crippen LogP contribution < -0.4 is 9.47 Å². The molecule has 12 heteroatoms. The predicted octanol–water partition coefficient (Wildman–Crippen LogP) is 16.2. The SMILES string of the molecule is CCCCC(=O)Oc1ccc(CCO)cc1C(C)c1cc(CCO)ccc1O.CCCCCCCCOC(=O)CCc1cc(C(C)c2cc(CCC(=O)OCCCCCCCC)cc(C(C)(C)C)c2OC(=O)CCC)c(O)c(C(C)(C)C)c1. The normalized spacial score (nSPS) is 12.3. The Kier molecular flexibility index (Phi) is 32.4.